The Morgan fingerprint density at radius 3 is 1.94 bits per heavy atom. The van der Waals surface area contributed by atoms with Crippen molar-refractivity contribution in [1.82, 2.24) is 9.88 Å². The van der Waals surface area contributed by atoms with Gasteiger partial charge in [-0.15, -0.1) is 0 Å². The van der Waals surface area contributed by atoms with Gasteiger partial charge < -0.3 is 42.1 Å². The zero-order valence-electron chi connectivity index (χ0n) is 38.8. The maximum absolute atomic E-state index is 13.5. The van der Waals surface area contributed by atoms with Crippen LogP contribution in [0.4, 0.5) is 42.5 Å². The molecule has 0 radical (unpaired) electrons. The lowest BCUT2D eigenvalue weighted by Gasteiger charge is -2.36. The number of hydrogen-bond donors (Lipinski definition) is 6. The Bertz CT molecular complexity index is 2410. The molecule has 388 valence electrons. The number of carbonyl (C=O) groups excluding carboxylic acids is 2. The lowest BCUT2D eigenvalue weighted by molar-refractivity contribution is 0.102. The Morgan fingerprint density at radius 2 is 1.39 bits per heavy atom. The summed E-state index contributed by atoms with van der Waals surface area (Å²) in [7, 11) is 0. The number of anilines is 6. The molecule has 3 heterocycles. The van der Waals surface area contributed by atoms with Crippen molar-refractivity contribution >= 4 is 117 Å². The number of nitrogens with zero attached hydrogens (tertiary/aromatic N) is 5. The SMILES string of the molecule is C.C.CCSC(N)=NC(=S)Nc1ccc(N2CCN(CCCO)CC2)cc1.Nc1nc(Nc2ccc(N3CCC(CCCO)CC3)cc2)sc1C(=O)c1cccc(F)c1.O=C(CBr)c1cccc(F)c1.P. The third-order valence-electron chi connectivity index (χ3n) is 11.1. The smallest absolute Gasteiger partial charge is 0.206 e. The summed E-state index contributed by atoms with van der Waals surface area (Å²) in [6.45, 7) is 9.68. The van der Waals surface area contributed by atoms with Crippen molar-refractivity contribution in [1.29, 1.82) is 0 Å². The molecule has 20 heteroatoms. The van der Waals surface area contributed by atoms with Crippen molar-refractivity contribution in [3.8, 4) is 0 Å². The zero-order valence-corrected chi connectivity index (χ0v) is 44.2. The van der Waals surface area contributed by atoms with Gasteiger partial charge >= 0.3 is 0 Å². The average Bonchev–Trinajstić information content (AvgIpc) is 3.72. The number of benzene rings is 4. The van der Waals surface area contributed by atoms with Crippen LogP contribution in [-0.2, 0) is 0 Å². The molecule has 2 aliphatic rings. The van der Waals surface area contributed by atoms with Gasteiger partial charge in [-0.25, -0.2) is 13.8 Å². The largest absolute Gasteiger partial charge is 0.396 e. The lowest BCUT2D eigenvalue weighted by Crippen LogP contribution is -2.46. The van der Waals surface area contributed by atoms with E-state index in [0.29, 0.717) is 31.8 Å². The number of alkyl halides is 1. The van der Waals surface area contributed by atoms with Gasteiger partial charge in [0.25, 0.3) is 0 Å². The molecule has 0 spiro atoms. The summed E-state index contributed by atoms with van der Waals surface area (Å²) in [5.41, 5.74) is 16.5. The van der Waals surface area contributed by atoms with Crippen molar-refractivity contribution in [2.24, 2.45) is 16.6 Å². The Morgan fingerprint density at radius 1 is 0.845 bits per heavy atom. The highest BCUT2D eigenvalue weighted by molar-refractivity contribution is 9.09. The monoisotopic (exact) mass is 1120 g/mol. The van der Waals surface area contributed by atoms with E-state index < -0.39 is 5.82 Å². The molecule has 1 aromatic heterocycles. The second-order valence-electron chi connectivity index (χ2n) is 15.9. The van der Waals surface area contributed by atoms with Gasteiger partial charge in [0.15, 0.2) is 21.2 Å². The predicted molar refractivity (Wildman–Crippen MR) is 309 cm³/mol. The molecule has 1 unspecified atom stereocenters. The number of rotatable bonds is 16. The van der Waals surface area contributed by atoms with E-state index in [1.165, 1.54) is 59.5 Å². The summed E-state index contributed by atoms with van der Waals surface area (Å²) in [5.74, 6) is 0.421. The van der Waals surface area contributed by atoms with Crippen molar-refractivity contribution in [2.45, 2.75) is 53.9 Å². The molecule has 4 aromatic carbocycles. The minimum Gasteiger partial charge on any atom is -0.396 e. The van der Waals surface area contributed by atoms with E-state index in [2.05, 4.69) is 75.5 Å². The third-order valence-corrected chi connectivity index (χ3v) is 13.4. The molecule has 1 atom stereocenters. The Labute approximate surface area is 444 Å². The number of nitrogens with one attached hydrogen (secondary N) is 2. The number of thiocarbonyl (C=S) groups is 1. The van der Waals surface area contributed by atoms with Crippen LogP contribution in [0, 0.1) is 17.6 Å². The Hall–Kier alpha value is -4.59. The summed E-state index contributed by atoms with van der Waals surface area (Å²) in [6.07, 6.45) is 5.15. The highest BCUT2D eigenvalue weighted by atomic mass is 79.9. The van der Waals surface area contributed by atoms with Gasteiger partial charge in [0.2, 0.25) is 5.78 Å². The van der Waals surface area contributed by atoms with Crippen LogP contribution in [0.15, 0.2) is 102 Å². The normalized spacial score (nSPS) is 13.7. The minimum atomic E-state index is -0.466. The van der Waals surface area contributed by atoms with E-state index in [0.717, 1.165) is 106 Å². The molecule has 8 N–H and O–H groups in total. The number of thioether (sulfide) groups is 1. The Kier molecular flexibility index (Phi) is 29.2. The number of aliphatic imine (C=N–C) groups is 1. The molecule has 0 saturated carbocycles. The first kappa shape index (κ1) is 62.5. The number of hydrogen-bond acceptors (Lipinski definition) is 13. The highest BCUT2D eigenvalue weighted by Gasteiger charge is 2.21. The van der Waals surface area contributed by atoms with Crippen LogP contribution in [0.25, 0.3) is 0 Å². The fraction of sp³-hybridized carbons (Fsp3) is 0.392. The van der Waals surface area contributed by atoms with Crippen molar-refractivity contribution in [2.75, 3.05) is 96.3 Å². The number of nitrogens with two attached hydrogens (primary N) is 2. The molecule has 71 heavy (non-hydrogen) atoms. The van der Waals surface area contributed by atoms with E-state index in [-0.39, 0.29) is 72.1 Å². The number of aromatic nitrogens is 1. The number of thiazole rings is 1. The van der Waals surface area contributed by atoms with Crippen molar-refractivity contribution < 1.29 is 28.6 Å². The maximum Gasteiger partial charge on any atom is 0.206 e. The minimum absolute atomic E-state index is 0. The molecule has 13 nitrogen and oxygen atoms in total. The number of piperidine rings is 1. The van der Waals surface area contributed by atoms with E-state index in [1.54, 1.807) is 12.1 Å². The van der Waals surface area contributed by atoms with Crippen LogP contribution in [0.3, 0.4) is 0 Å². The van der Waals surface area contributed by atoms with Gasteiger partial charge in [0.05, 0.1) is 5.33 Å². The quantitative estimate of drug-likeness (QED) is 0.0137. The molecule has 2 aliphatic heterocycles. The lowest BCUT2D eigenvalue weighted by atomic mass is 9.92. The van der Waals surface area contributed by atoms with Crippen LogP contribution < -0.4 is 31.9 Å². The number of ketones is 2. The summed E-state index contributed by atoms with van der Waals surface area (Å²) < 4.78 is 25.9. The van der Waals surface area contributed by atoms with Gasteiger partial charge in [-0.2, -0.15) is 14.9 Å². The highest BCUT2D eigenvalue weighted by Crippen LogP contribution is 2.32. The molecule has 0 aliphatic carbocycles. The van der Waals surface area contributed by atoms with Gasteiger partial charge in [-0.3, -0.25) is 14.5 Å². The number of aliphatic hydroxyl groups is 2. The molecule has 5 aromatic rings. The summed E-state index contributed by atoms with van der Waals surface area (Å²) >= 11 is 10.8. The number of amidine groups is 1. The Balaban J connectivity index is 0.000000395. The van der Waals surface area contributed by atoms with Crippen LogP contribution in [0.1, 0.15) is 79.5 Å². The second-order valence-corrected chi connectivity index (χ2v) is 19.1. The van der Waals surface area contributed by atoms with Gasteiger partial charge in [-0.05, 0) is 129 Å². The molecule has 0 bridgehead atoms. The summed E-state index contributed by atoms with van der Waals surface area (Å²) in [6, 6.07) is 27.5. The van der Waals surface area contributed by atoms with Gasteiger partial charge in [0.1, 0.15) is 22.3 Å². The molecular formula is C51H71BrF2N9O4PS3. The van der Waals surface area contributed by atoms with Gasteiger partial charge in [0, 0.05) is 92.9 Å². The summed E-state index contributed by atoms with van der Waals surface area (Å²) in [4.78, 5) is 39.5. The topological polar surface area (TPSA) is 186 Å². The molecule has 2 saturated heterocycles. The average molecular weight is 1120 g/mol. The number of halogens is 3. The number of aliphatic hydroxyl groups excluding tert-OH is 2. The first-order valence-corrected chi connectivity index (χ1v) is 25.8. The number of nitrogen functional groups attached to an aromatic ring is 1. The van der Waals surface area contributed by atoms with E-state index >= 15 is 0 Å². The molecule has 2 fully saturated rings. The zero-order chi connectivity index (χ0) is 48.8. The second kappa shape index (κ2) is 33.2. The first-order chi connectivity index (χ1) is 32.9. The standard InChI is InChI=1S/C24H27FN4O2S.C17H27N5OS2.C8H6BrFO.2CH4.H3P/c25-18-5-1-4-17(15-18)21(31)22-23(26)28-24(32-22)27-19-6-8-20(9-7-19)29-12-10-16(11-13-29)3-2-14-30;1-2-25-16(18)20-17(24)19-14-4-6-15(7-5-14)22-11-9-21(10-12-22)8-3-13-23;9-5-8(11)6-2-1-3-7(10)4-6;;;/h1,4-9,15-16,30H,2-3,10-14,26H2,(H,27,28);4-7,23H,2-3,8-13H2,1H3,(H3,18,19,20,24);1-4H,5H2;2*1H4;1H3. The number of carbonyl (C=O) groups is 2. The molecular weight excluding hydrogens is 1050 g/mol. The van der Waals surface area contributed by atoms with Crippen LogP contribution in [0.2, 0.25) is 0 Å². The predicted octanol–water partition coefficient (Wildman–Crippen LogP) is 10.5. The van der Waals surface area contributed by atoms with E-state index in [1.807, 2.05) is 31.2 Å². The molecule has 7 rings (SSSR count). The van der Waals surface area contributed by atoms with E-state index in [9.17, 15) is 18.4 Å². The number of Topliss-reactive ketones (excluding diaryl/α,β-unsaturated/α-hetero) is 1. The summed E-state index contributed by atoms with van der Waals surface area (Å²) in [5, 5.41) is 25.8. The first-order valence-electron chi connectivity index (χ1n) is 22.5. The molecule has 0 amide bonds. The fourth-order valence-electron chi connectivity index (χ4n) is 7.50. The van der Waals surface area contributed by atoms with Crippen LogP contribution in [-0.4, -0.2) is 112 Å². The number of piperazine rings is 1. The third kappa shape index (κ3) is 20.8. The van der Waals surface area contributed by atoms with Crippen molar-refractivity contribution in [3.63, 3.8) is 0 Å². The van der Waals surface area contributed by atoms with Crippen molar-refractivity contribution in [3.05, 3.63) is 125 Å². The van der Waals surface area contributed by atoms with Gasteiger partial charge in [-0.1, -0.05) is 85.1 Å². The van der Waals surface area contributed by atoms with Crippen LogP contribution >= 0.6 is 61.1 Å². The fourth-order valence-corrected chi connectivity index (χ4v) is 9.41. The van der Waals surface area contributed by atoms with E-state index in [4.69, 9.17) is 33.9 Å². The van der Waals surface area contributed by atoms with Crippen LogP contribution in [0.5, 0.6) is 0 Å². The maximum atomic E-state index is 13.5.